The first-order valence-electron chi connectivity index (χ1n) is 6.05. The monoisotopic (exact) mass is 214 g/mol. The molecule has 2 rings (SSSR count). The summed E-state index contributed by atoms with van der Waals surface area (Å²) in [4.78, 5) is 0. The Morgan fingerprint density at radius 1 is 1.38 bits per heavy atom. The van der Waals surface area contributed by atoms with Crippen LogP contribution in [0.4, 0.5) is 0 Å². The van der Waals surface area contributed by atoms with E-state index >= 15 is 0 Å². The highest BCUT2D eigenvalue weighted by atomic mass is 14.9. The van der Waals surface area contributed by atoms with Crippen molar-refractivity contribution in [2.45, 2.75) is 32.2 Å². The predicted molar refractivity (Wildman–Crippen MR) is 64.9 cm³/mol. The first-order chi connectivity index (χ1) is 7.83. The Bertz CT molecular complexity index is 371. The highest BCUT2D eigenvalue weighted by Crippen LogP contribution is 2.28. The second-order valence-corrected chi connectivity index (χ2v) is 4.51. The van der Waals surface area contributed by atoms with Gasteiger partial charge < -0.3 is 0 Å². The Hall–Kier alpha value is -1.33. The van der Waals surface area contributed by atoms with Crippen molar-refractivity contribution in [1.82, 2.24) is 5.32 Å². The van der Waals surface area contributed by atoms with Crippen LogP contribution >= 0.6 is 0 Å². The molecule has 1 aliphatic carbocycles. The maximum absolute atomic E-state index is 9.13. The molecule has 1 fully saturated rings. The Kier molecular flexibility index (Phi) is 3.58. The van der Waals surface area contributed by atoms with Crippen molar-refractivity contribution < 1.29 is 0 Å². The van der Waals surface area contributed by atoms with Gasteiger partial charge in [-0.2, -0.15) is 5.26 Å². The summed E-state index contributed by atoms with van der Waals surface area (Å²) >= 11 is 0. The van der Waals surface area contributed by atoms with Crippen molar-refractivity contribution in [3.63, 3.8) is 0 Å². The maximum Gasteiger partial charge on any atom is 0.121 e. The summed E-state index contributed by atoms with van der Waals surface area (Å²) in [6.45, 7) is 3.12. The molecular weight excluding hydrogens is 196 g/mol. The average Bonchev–Trinajstić information content (AvgIpc) is 3.15. The average molecular weight is 214 g/mol. The van der Waals surface area contributed by atoms with Crippen LogP contribution in [0.15, 0.2) is 24.3 Å². The van der Waals surface area contributed by atoms with E-state index in [9.17, 15) is 0 Å². The van der Waals surface area contributed by atoms with Crippen LogP contribution in [0.3, 0.4) is 0 Å². The SMILES string of the molecule is CCc1ccc(C(C#N)NCC2CC2)cc1. The van der Waals surface area contributed by atoms with Crippen LogP contribution in [0, 0.1) is 17.2 Å². The Morgan fingerprint density at radius 3 is 2.56 bits per heavy atom. The van der Waals surface area contributed by atoms with Crippen molar-refractivity contribution in [2.24, 2.45) is 5.92 Å². The van der Waals surface area contributed by atoms with Crippen LogP contribution in [0.1, 0.15) is 36.9 Å². The van der Waals surface area contributed by atoms with E-state index in [4.69, 9.17) is 5.26 Å². The zero-order valence-electron chi connectivity index (χ0n) is 9.74. The molecule has 0 aliphatic heterocycles. The summed E-state index contributed by atoms with van der Waals surface area (Å²) in [5.41, 5.74) is 2.41. The number of nitriles is 1. The Balaban J connectivity index is 1.98. The molecule has 0 amide bonds. The molecule has 84 valence electrons. The number of benzene rings is 1. The predicted octanol–water partition coefficient (Wildman–Crippen LogP) is 2.81. The van der Waals surface area contributed by atoms with Crippen LogP contribution in [-0.2, 0) is 6.42 Å². The minimum absolute atomic E-state index is 0.147. The van der Waals surface area contributed by atoms with E-state index in [1.807, 2.05) is 0 Å². The fourth-order valence-corrected chi connectivity index (χ4v) is 1.79. The van der Waals surface area contributed by atoms with Crippen molar-refractivity contribution in [3.8, 4) is 6.07 Å². The molecule has 0 spiro atoms. The van der Waals surface area contributed by atoms with E-state index in [1.165, 1.54) is 18.4 Å². The maximum atomic E-state index is 9.13. The van der Waals surface area contributed by atoms with Crippen LogP contribution in [-0.4, -0.2) is 6.54 Å². The lowest BCUT2D eigenvalue weighted by molar-refractivity contribution is 0.593. The largest absolute Gasteiger partial charge is 0.298 e. The lowest BCUT2D eigenvalue weighted by Gasteiger charge is -2.11. The Labute approximate surface area is 97.3 Å². The van der Waals surface area contributed by atoms with E-state index in [0.717, 1.165) is 24.4 Å². The minimum atomic E-state index is -0.147. The van der Waals surface area contributed by atoms with Crippen LogP contribution in [0.2, 0.25) is 0 Å². The van der Waals surface area contributed by atoms with Crippen molar-refractivity contribution in [1.29, 1.82) is 5.26 Å². The van der Waals surface area contributed by atoms with Gasteiger partial charge in [0.05, 0.1) is 6.07 Å². The molecule has 1 N–H and O–H groups in total. The molecule has 0 bridgehead atoms. The van der Waals surface area contributed by atoms with Gasteiger partial charge in [0.15, 0.2) is 0 Å². The highest BCUT2D eigenvalue weighted by molar-refractivity contribution is 5.28. The smallest absolute Gasteiger partial charge is 0.121 e. The number of hydrogen-bond donors (Lipinski definition) is 1. The first-order valence-corrected chi connectivity index (χ1v) is 6.05. The molecular formula is C14H18N2. The summed E-state index contributed by atoms with van der Waals surface area (Å²) in [6, 6.07) is 10.5. The van der Waals surface area contributed by atoms with Gasteiger partial charge in [0.25, 0.3) is 0 Å². The quantitative estimate of drug-likeness (QED) is 0.818. The topological polar surface area (TPSA) is 35.8 Å². The number of nitrogens with zero attached hydrogens (tertiary/aromatic N) is 1. The molecule has 2 nitrogen and oxygen atoms in total. The summed E-state index contributed by atoms with van der Waals surface area (Å²) in [6.07, 6.45) is 3.69. The summed E-state index contributed by atoms with van der Waals surface area (Å²) in [7, 11) is 0. The zero-order valence-corrected chi connectivity index (χ0v) is 9.74. The van der Waals surface area contributed by atoms with Gasteiger partial charge in [-0.25, -0.2) is 0 Å². The molecule has 1 unspecified atom stereocenters. The molecule has 16 heavy (non-hydrogen) atoms. The van der Waals surface area contributed by atoms with Gasteiger partial charge in [-0.05, 0) is 42.9 Å². The lowest BCUT2D eigenvalue weighted by atomic mass is 10.0. The third kappa shape index (κ3) is 2.84. The molecule has 0 heterocycles. The zero-order chi connectivity index (χ0) is 11.4. The Morgan fingerprint density at radius 2 is 2.06 bits per heavy atom. The van der Waals surface area contributed by atoms with Gasteiger partial charge in [0.2, 0.25) is 0 Å². The van der Waals surface area contributed by atoms with Gasteiger partial charge in [-0.3, -0.25) is 5.32 Å². The van der Waals surface area contributed by atoms with E-state index < -0.39 is 0 Å². The fourth-order valence-electron chi connectivity index (χ4n) is 1.79. The second kappa shape index (κ2) is 5.14. The summed E-state index contributed by atoms with van der Waals surface area (Å²) < 4.78 is 0. The van der Waals surface area contributed by atoms with Crippen molar-refractivity contribution in [3.05, 3.63) is 35.4 Å². The first kappa shape index (κ1) is 11.2. The fraction of sp³-hybridized carbons (Fsp3) is 0.500. The third-order valence-corrected chi connectivity index (χ3v) is 3.16. The van der Waals surface area contributed by atoms with Crippen LogP contribution in [0.5, 0.6) is 0 Å². The molecule has 1 aliphatic rings. The molecule has 1 atom stereocenters. The summed E-state index contributed by atoms with van der Waals surface area (Å²) in [5.74, 6) is 0.811. The molecule has 0 radical (unpaired) electrons. The number of rotatable bonds is 5. The van der Waals surface area contributed by atoms with Gasteiger partial charge in [-0.1, -0.05) is 31.2 Å². The van der Waals surface area contributed by atoms with E-state index in [1.54, 1.807) is 0 Å². The number of nitrogens with one attached hydrogen (secondary N) is 1. The van der Waals surface area contributed by atoms with E-state index in [2.05, 4.69) is 42.6 Å². The molecule has 0 saturated heterocycles. The van der Waals surface area contributed by atoms with Gasteiger partial charge in [-0.15, -0.1) is 0 Å². The minimum Gasteiger partial charge on any atom is -0.298 e. The van der Waals surface area contributed by atoms with Crippen LogP contribution in [0.25, 0.3) is 0 Å². The van der Waals surface area contributed by atoms with Crippen molar-refractivity contribution >= 4 is 0 Å². The molecule has 1 aromatic rings. The normalized spacial score (nSPS) is 16.8. The number of hydrogen-bond acceptors (Lipinski definition) is 2. The van der Waals surface area contributed by atoms with Gasteiger partial charge in [0, 0.05) is 0 Å². The standard InChI is InChI=1S/C14H18N2/c1-2-11-5-7-13(8-6-11)14(9-15)16-10-12-3-4-12/h5-8,12,14,16H,2-4,10H2,1H3. The van der Waals surface area contributed by atoms with E-state index in [-0.39, 0.29) is 6.04 Å². The molecule has 0 aromatic heterocycles. The molecule has 2 heteroatoms. The van der Waals surface area contributed by atoms with E-state index in [0.29, 0.717) is 0 Å². The second-order valence-electron chi connectivity index (χ2n) is 4.51. The third-order valence-electron chi connectivity index (χ3n) is 3.16. The number of aryl methyl sites for hydroxylation is 1. The van der Waals surface area contributed by atoms with Crippen LogP contribution < -0.4 is 5.32 Å². The summed E-state index contributed by atoms with van der Waals surface area (Å²) in [5, 5.41) is 12.5. The molecule has 1 aromatic carbocycles. The molecule has 1 saturated carbocycles. The van der Waals surface area contributed by atoms with Crippen molar-refractivity contribution in [2.75, 3.05) is 6.54 Å². The lowest BCUT2D eigenvalue weighted by Crippen LogP contribution is -2.22. The van der Waals surface area contributed by atoms with Gasteiger partial charge in [0.1, 0.15) is 6.04 Å². The highest BCUT2D eigenvalue weighted by Gasteiger charge is 2.22. The van der Waals surface area contributed by atoms with Gasteiger partial charge >= 0.3 is 0 Å².